The van der Waals surface area contributed by atoms with Gasteiger partial charge in [0.15, 0.2) is 5.82 Å². The third kappa shape index (κ3) is 5.34. The quantitative estimate of drug-likeness (QED) is 0.761. The number of benzene rings is 1. The van der Waals surface area contributed by atoms with Crippen LogP contribution in [0.25, 0.3) is 0 Å². The average Bonchev–Trinajstić information content (AvgIpc) is 2.89. The Morgan fingerprint density at radius 3 is 2.74 bits per heavy atom. The molecule has 3 rings (SSSR count). The predicted octanol–water partition coefficient (Wildman–Crippen LogP) is 4.95. The zero-order chi connectivity index (χ0) is 19.2. The van der Waals surface area contributed by atoms with Crippen molar-refractivity contribution in [2.24, 2.45) is 0 Å². The number of aromatic nitrogens is 1. The fraction of sp³-hybridized carbons (Fsp3) is 0.400. The molecule has 1 N–H and O–H groups in total. The summed E-state index contributed by atoms with van der Waals surface area (Å²) in [6, 6.07) is 9.87. The van der Waals surface area contributed by atoms with Gasteiger partial charge in [-0.15, -0.1) is 0 Å². The summed E-state index contributed by atoms with van der Waals surface area (Å²) in [4.78, 5) is 18.9. The normalized spacial score (nSPS) is 18.0. The van der Waals surface area contributed by atoms with Gasteiger partial charge in [0.1, 0.15) is 5.75 Å². The van der Waals surface area contributed by atoms with Gasteiger partial charge in [-0.3, -0.25) is 9.69 Å². The Morgan fingerprint density at radius 2 is 2.04 bits per heavy atom. The van der Waals surface area contributed by atoms with Crippen molar-refractivity contribution in [3.8, 4) is 5.75 Å². The lowest BCUT2D eigenvalue weighted by atomic mass is 10.0. The molecular weight excluding hydrogens is 385 g/mol. The molecule has 144 valence electrons. The fourth-order valence-corrected chi connectivity index (χ4v) is 3.85. The topological polar surface area (TPSA) is 54.5 Å². The highest BCUT2D eigenvalue weighted by Crippen LogP contribution is 2.31. The summed E-state index contributed by atoms with van der Waals surface area (Å²) >= 11 is 12.0. The molecule has 1 saturated heterocycles. The molecule has 0 spiro atoms. The number of rotatable bonds is 5. The fourth-order valence-electron chi connectivity index (χ4n) is 3.42. The molecule has 1 aromatic heterocycles. The molecule has 0 radical (unpaired) electrons. The van der Waals surface area contributed by atoms with Crippen LogP contribution in [0.15, 0.2) is 36.5 Å². The van der Waals surface area contributed by atoms with Crippen LogP contribution in [-0.2, 0) is 4.79 Å². The van der Waals surface area contributed by atoms with E-state index in [-0.39, 0.29) is 18.5 Å². The molecule has 7 heteroatoms. The first-order valence-corrected chi connectivity index (χ1v) is 9.81. The Labute approximate surface area is 169 Å². The number of amides is 1. The Hall–Kier alpha value is -1.82. The number of halogens is 2. The number of anilines is 1. The van der Waals surface area contributed by atoms with Crippen LogP contribution in [0.3, 0.4) is 0 Å². The zero-order valence-corrected chi connectivity index (χ0v) is 16.8. The van der Waals surface area contributed by atoms with Gasteiger partial charge >= 0.3 is 0 Å². The molecule has 1 aliphatic heterocycles. The van der Waals surface area contributed by atoms with E-state index < -0.39 is 0 Å². The molecule has 5 nitrogen and oxygen atoms in total. The maximum Gasteiger partial charge on any atom is 0.239 e. The SMILES string of the molecule is COc1ccc(C2CCCCCN2CC(=O)Nc2ncc(Cl)cc2Cl)cc1. The summed E-state index contributed by atoms with van der Waals surface area (Å²) in [7, 11) is 1.66. The summed E-state index contributed by atoms with van der Waals surface area (Å²) in [5, 5.41) is 3.56. The van der Waals surface area contributed by atoms with Gasteiger partial charge in [-0.25, -0.2) is 4.98 Å². The van der Waals surface area contributed by atoms with Crippen LogP contribution in [0.1, 0.15) is 37.3 Å². The van der Waals surface area contributed by atoms with Crippen molar-refractivity contribution in [2.75, 3.05) is 25.5 Å². The van der Waals surface area contributed by atoms with Gasteiger partial charge < -0.3 is 10.1 Å². The minimum atomic E-state index is -0.132. The van der Waals surface area contributed by atoms with Crippen molar-refractivity contribution < 1.29 is 9.53 Å². The minimum Gasteiger partial charge on any atom is -0.497 e. The van der Waals surface area contributed by atoms with Gasteiger partial charge in [0, 0.05) is 12.2 Å². The van der Waals surface area contributed by atoms with Crippen molar-refractivity contribution in [3.05, 3.63) is 52.1 Å². The van der Waals surface area contributed by atoms with Gasteiger partial charge in [-0.1, -0.05) is 48.2 Å². The number of hydrogen-bond acceptors (Lipinski definition) is 4. The van der Waals surface area contributed by atoms with E-state index in [0.29, 0.717) is 15.9 Å². The number of likely N-dealkylation sites (tertiary alicyclic amines) is 1. The number of carbonyl (C=O) groups is 1. The minimum absolute atomic E-state index is 0.132. The smallest absolute Gasteiger partial charge is 0.239 e. The summed E-state index contributed by atoms with van der Waals surface area (Å²) in [6.07, 6.45) is 5.91. The number of nitrogens with zero attached hydrogens (tertiary/aromatic N) is 2. The standard InChI is InChI=1S/C20H23Cl2N3O2/c1-27-16-8-6-14(7-9-16)18-5-3-2-4-10-25(18)13-19(26)24-20-17(22)11-15(21)12-23-20/h6-9,11-12,18H,2-5,10,13H2,1H3,(H,23,24,26). The number of carbonyl (C=O) groups excluding carboxylic acids is 1. The first kappa shape index (κ1) is 19.9. The molecule has 1 atom stereocenters. The number of pyridine rings is 1. The van der Waals surface area contributed by atoms with Crippen LogP contribution in [0.2, 0.25) is 10.0 Å². The summed E-state index contributed by atoms with van der Waals surface area (Å²) in [5.74, 6) is 1.04. The molecule has 1 aliphatic rings. The van der Waals surface area contributed by atoms with E-state index in [9.17, 15) is 4.79 Å². The Morgan fingerprint density at radius 1 is 1.26 bits per heavy atom. The van der Waals surface area contributed by atoms with Crippen molar-refractivity contribution in [1.82, 2.24) is 9.88 Å². The number of methoxy groups -OCH3 is 1. The van der Waals surface area contributed by atoms with E-state index in [1.54, 1.807) is 13.2 Å². The highest BCUT2D eigenvalue weighted by atomic mass is 35.5. The Balaban J connectivity index is 1.71. The summed E-state index contributed by atoms with van der Waals surface area (Å²) in [5.41, 5.74) is 1.20. The lowest BCUT2D eigenvalue weighted by molar-refractivity contribution is -0.117. The molecule has 1 aromatic carbocycles. The van der Waals surface area contributed by atoms with E-state index in [0.717, 1.165) is 31.6 Å². The van der Waals surface area contributed by atoms with E-state index in [1.807, 2.05) is 12.1 Å². The van der Waals surface area contributed by atoms with E-state index in [1.165, 1.54) is 18.2 Å². The summed E-state index contributed by atoms with van der Waals surface area (Å²) < 4.78 is 5.25. The average molecular weight is 408 g/mol. The maximum absolute atomic E-state index is 12.6. The van der Waals surface area contributed by atoms with Crippen LogP contribution in [0, 0.1) is 0 Å². The van der Waals surface area contributed by atoms with Crippen molar-refractivity contribution in [1.29, 1.82) is 0 Å². The monoisotopic (exact) mass is 407 g/mol. The predicted molar refractivity (Wildman–Crippen MR) is 109 cm³/mol. The van der Waals surface area contributed by atoms with Crippen LogP contribution >= 0.6 is 23.2 Å². The molecule has 2 aromatic rings. The molecule has 2 heterocycles. The lowest BCUT2D eigenvalue weighted by Crippen LogP contribution is -2.36. The van der Waals surface area contributed by atoms with Crippen LogP contribution in [0.4, 0.5) is 5.82 Å². The maximum atomic E-state index is 12.6. The molecule has 0 bridgehead atoms. The molecule has 1 fully saturated rings. The molecule has 27 heavy (non-hydrogen) atoms. The van der Waals surface area contributed by atoms with Gasteiger partial charge in [0.05, 0.1) is 23.7 Å². The van der Waals surface area contributed by atoms with Crippen molar-refractivity contribution in [3.63, 3.8) is 0 Å². The number of hydrogen-bond donors (Lipinski definition) is 1. The molecule has 1 unspecified atom stereocenters. The molecular formula is C20H23Cl2N3O2. The first-order valence-electron chi connectivity index (χ1n) is 9.05. The third-order valence-electron chi connectivity index (χ3n) is 4.78. The number of nitrogens with one attached hydrogen (secondary N) is 1. The largest absolute Gasteiger partial charge is 0.497 e. The van der Waals surface area contributed by atoms with Gasteiger partial charge in [0.25, 0.3) is 0 Å². The van der Waals surface area contributed by atoms with Crippen molar-refractivity contribution >= 4 is 34.9 Å². The summed E-state index contributed by atoms with van der Waals surface area (Å²) in [6.45, 7) is 1.17. The second kappa shape index (κ2) is 9.40. The highest BCUT2D eigenvalue weighted by molar-refractivity contribution is 6.36. The second-order valence-corrected chi connectivity index (χ2v) is 7.48. The lowest BCUT2D eigenvalue weighted by Gasteiger charge is -2.29. The van der Waals surface area contributed by atoms with Gasteiger partial charge in [-0.2, -0.15) is 0 Å². The van der Waals surface area contributed by atoms with E-state index in [2.05, 4.69) is 27.3 Å². The second-order valence-electron chi connectivity index (χ2n) is 6.64. The number of ether oxygens (including phenoxy) is 1. The van der Waals surface area contributed by atoms with E-state index >= 15 is 0 Å². The third-order valence-corrected chi connectivity index (χ3v) is 5.27. The highest BCUT2D eigenvalue weighted by Gasteiger charge is 2.25. The van der Waals surface area contributed by atoms with E-state index in [4.69, 9.17) is 27.9 Å². The molecule has 0 saturated carbocycles. The zero-order valence-electron chi connectivity index (χ0n) is 15.3. The van der Waals surface area contributed by atoms with Crippen molar-refractivity contribution in [2.45, 2.75) is 31.7 Å². The first-order chi connectivity index (χ1) is 13.1. The Bertz CT molecular complexity index is 783. The van der Waals surface area contributed by atoms with Crippen LogP contribution < -0.4 is 10.1 Å². The van der Waals surface area contributed by atoms with Crippen LogP contribution in [-0.4, -0.2) is 36.0 Å². The van der Waals surface area contributed by atoms with Gasteiger partial charge in [-0.05, 0) is 43.1 Å². The Kier molecular flexibility index (Phi) is 6.94. The van der Waals surface area contributed by atoms with Gasteiger partial charge in [0.2, 0.25) is 5.91 Å². The molecule has 1 amide bonds. The van der Waals surface area contributed by atoms with Crippen LogP contribution in [0.5, 0.6) is 5.75 Å². The molecule has 0 aliphatic carbocycles.